The lowest BCUT2D eigenvalue weighted by Gasteiger charge is -2.33. The van der Waals surface area contributed by atoms with Crippen LogP contribution in [0.4, 0.5) is 0 Å². The molecule has 1 atom stereocenters. The maximum atomic E-state index is 11.9. The number of likely N-dealkylation sites (N-methyl/N-ethyl adjacent to an activating group) is 1. The van der Waals surface area contributed by atoms with Gasteiger partial charge in [0.05, 0.1) is 19.1 Å². The van der Waals surface area contributed by atoms with Gasteiger partial charge in [0.1, 0.15) is 0 Å². The molecule has 0 spiro atoms. The van der Waals surface area contributed by atoms with Crippen molar-refractivity contribution in [1.82, 2.24) is 9.80 Å². The van der Waals surface area contributed by atoms with Crippen molar-refractivity contribution in [3.8, 4) is 0 Å². The van der Waals surface area contributed by atoms with Crippen molar-refractivity contribution in [2.45, 2.75) is 25.3 Å². The molecular formula is C12H20N2O3. The van der Waals surface area contributed by atoms with Gasteiger partial charge in [-0.2, -0.15) is 0 Å². The Morgan fingerprint density at radius 1 is 1.24 bits per heavy atom. The predicted molar refractivity (Wildman–Crippen MR) is 62.4 cm³/mol. The number of amides is 1. The number of carbonyl (C=O) groups is 2. The van der Waals surface area contributed by atoms with Gasteiger partial charge in [-0.25, -0.2) is 0 Å². The monoisotopic (exact) mass is 240 g/mol. The van der Waals surface area contributed by atoms with E-state index in [0.29, 0.717) is 0 Å². The van der Waals surface area contributed by atoms with Gasteiger partial charge in [0, 0.05) is 13.6 Å². The number of nitrogens with zero attached hydrogens (tertiary/aromatic N) is 2. The van der Waals surface area contributed by atoms with Crippen LogP contribution in [0.2, 0.25) is 0 Å². The molecule has 0 aromatic carbocycles. The Bertz CT molecular complexity index is 311. The SMILES string of the molecule is COC(=O)C1CCN(C2CCN(C)C2=O)CC1. The van der Waals surface area contributed by atoms with Crippen LogP contribution in [0, 0.1) is 5.92 Å². The average molecular weight is 240 g/mol. The molecule has 2 aliphatic rings. The minimum absolute atomic E-state index is 0.0190. The number of piperidine rings is 1. The van der Waals surface area contributed by atoms with E-state index in [4.69, 9.17) is 4.74 Å². The largest absolute Gasteiger partial charge is 0.469 e. The number of hydrogen-bond donors (Lipinski definition) is 0. The Morgan fingerprint density at radius 2 is 1.88 bits per heavy atom. The average Bonchev–Trinajstić information content (AvgIpc) is 2.69. The summed E-state index contributed by atoms with van der Waals surface area (Å²) < 4.78 is 4.76. The molecule has 1 amide bonds. The minimum atomic E-state index is -0.112. The molecule has 5 heteroatoms. The van der Waals surface area contributed by atoms with Gasteiger partial charge in [-0.15, -0.1) is 0 Å². The second kappa shape index (κ2) is 5.04. The van der Waals surface area contributed by atoms with Crippen LogP contribution in [0.25, 0.3) is 0 Å². The van der Waals surface area contributed by atoms with E-state index in [9.17, 15) is 9.59 Å². The first-order chi connectivity index (χ1) is 8.13. The second-order valence-corrected chi connectivity index (χ2v) is 4.90. The minimum Gasteiger partial charge on any atom is -0.469 e. The number of methoxy groups -OCH3 is 1. The van der Waals surface area contributed by atoms with Gasteiger partial charge in [0.15, 0.2) is 0 Å². The van der Waals surface area contributed by atoms with Crippen molar-refractivity contribution in [3.05, 3.63) is 0 Å². The molecule has 0 radical (unpaired) electrons. The first-order valence-electron chi connectivity index (χ1n) is 6.20. The van der Waals surface area contributed by atoms with Gasteiger partial charge in [-0.05, 0) is 32.4 Å². The molecule has 2 heterocycles. The molecule has 2 rings (SSSR count). The number of hydrogen-bond acceptors (Lipinski definition) is 4. The highest BCUT2D eigenvalue weighted by atomic mass is 16.5. The van der Waals surface area contributed by atoms with E-state index in [0.717, 1.165) is 38.9 Å². The van der Waals surface area contributed by atoms with E-state index in [1.165, 1.54) is 7.11 Å². The molecule has 0 aromatic rings. The summed E-state index contributed by atoms with van der Waals surface area (Å²) in [6.07, 6.45) is 2.53. The number of esters is 1. The Balaban J connectivity index is 1.87. The number of likely N-dealkylation sites (tertiary alicyclic amines) is 2. The summed E-state index contributed by atoms with van der Waals surface area (Å²) in [5.74, 6) is 0.131. The summed E-state index contributed by atoms with van der Waals surface area (Å²) in [6.45, 7) is 2.49. The maximum absolute atomic E-state index is 11.9. The summed E-state index contributed by atoms with van der Waals surface area (Å²) in [5, 5.41) is 0. The normalized spacial score (nSPS) is 27.5. The Labute approximate surface area is 102 Å². The van der Waals surface area contributed by atoms with Crippen LogP contribution in [-0.2, 0) is 14.3 Å². The lowest BCUT2D eigenvalue weighted by Crippen LogP contribution is -2.46. The van der Waals surface area contributed by atoms with Crippen LogP contribution in [0.5, 0.6) is 0 Å². The van der Waals surface area contributed by atoms with Crippen molar-refractivity contribution in [1.29, 1.82) is 0 Å². The molecule has 0 N–H and O–H groups in total. The Hall–Kier alpha value is -1.10. The molecular weight excluding hydrogens is 220 g/mol. The molecule has 0 aliphatic carbocycles. The van der Waals surface area contributed by atoms with Crippen molar-refractivity contribution in [3.63, 3.8) is 0 Å². The fourth-order valence-electron chi connectivity index (χ4n) is 2.76. The molecule has 0 saturated carbocycles. The molecule has 17 heavy (non-hydrogen) atoms. The van der Waals surface area contributed by atoms with E-state index in [1.54, 1.807) is 4.90 Å². The van der Waals surface area contributed by atoms with Crippen LogP contribution in [-0.4, -0.2) is 61.5 Å². The highest BCUT2D eigenvalue weighted by molar-refractivity contribution is 5.83. The molecule has 5 nitrogen and oxygen atoms in total. The number of ether oxygens (including phenoxy) is 1. The lowest BCUT2D eigenvalue weighted by atomic mass is 9.95. The zero-order valence-corrected chi connectivity index (χ0v) is 10.5. The van der Waals surface area contributed by atoms with Gasteiger partial charge in [0.2, 0.25) is 5.91 Å². The van der Waals surface area contributed by atoms with Crippen LogP contribution in [0.1, 0.15) is 19.3 Å². The quantitative estimate of drug-likeness (QED) is 0.642. The van der Waals surface area contributed by atoms with Gasteiger partial charge >= 0.3 is 5.97 Å². The maximum Gasteiger partial charge on any atom is 0.308 e. The Kier molecular flexibility index (Phi) is 3.66. The first-order valence-corrected chi connectivity index (χ1v) is 6.20. The lowest BCUT2D eigenvalue weighted by molar-refractivity contribution is -0.147. The summed E-state index contributed by atoms with van der Waals surface area (Å²) >= 11 is 0. The molecule has 2 fully saturated rings. The third-order valence-corrected chi connectivity index (χ3v) is 3.90. The van der Waals surface area contributed by atoms with Gasteiger partial charge in [-0.1, -0.05) is 0 Å². The molecule has 0 aromatic heterocycles. The first kappa shape index (κ1) is 12.4. The zero-order valence-electron chi connectivity index (χ0n) is 10.5. The van der Waals surface area contributed by atoms with Crippen molar-refractivity contribution < 1.29 is 14.3 Å². The smallest absolute Gasteiger partial charge is 0.308 e. The van der Waals surface area contributed by atoms with Crippen LogP contribution in [0.3, 0.4) is 0 Å². The fourth-order valence-corrected chi connectivity index (χ4v) is 2.76. The predicted octanol–water partition coefficient (Wildman–Crippen LogP) is 0.102. The van der Waals surface area contributed by atoms with Crippen molar-refractivity contribution >= 4 is 11.9 Å². The zero-order chi connectivity index (χ0) is 12.4. The third kappa shape index (κ3) is 2.44. The number of carbonyl (C=O) groups excluding carboxylic acids is 2. The molecule has 96 valence electrons. The van der Waals surface area contributed by atoms with Crippen molar-refractivity contribution in [2.75, 3.05) is 33.8 Å². The topological polar surface area (TPSA) is 49.9 Å². The summed E-state index contributed by atoms with van der Waals surface area (Å²) in [7, 11) is 3.29. The van der Waals surface area contributed by atoms with E-state index >= 15 is 0 Å². The third-order valence-electron chi connectivity index (χ3n) is 3.90. The van der Waals surface area contributed by atoms with Crippen LogP contribution >= 0.6 is 0 Å². The molecule has 0 bridgehead atoms. The van der Waals surface area contributed by atoms with Crippen LogP contribution < -0.4 is 0 Å². The van der Waals surface area contributed by atoms with Gasteiger partial charge < -0.3 is 9.64 Å². The van der Waals surface area contributed by atoms with Gasteiger partial charge in [0.25, 0.3) is 0 Å². The number of rotatable bonds is 2. The van der Waals surface area contributed by atoms with Gasteiger partial charge in [-0.3, -0.25) is 14.5 Å². The molecule has 2 saturated heterocycles. The summed E-state index contributed by atoms with van der Waals surface area (Å²) in [5.41, 5.74) is 0. The van der Waals surface area contributed by atoms with E-state index in [-0.39, 0.29) is 23.8 Å². The van der Waals surface area contributed by atoms with Crippen molar-refractivity contribution in [2.24, 2.45) is 5.92 Å². The summed E-state index contributed by atoms with van der Waals surface area (Å²) in [4.78, 5) is 27.3. The van der Waals surface area contributed by atoms with Crippen LogP contribution in [0.15, 0.2) is 0 Å². The molecule has 1 unspecified atom stereocenters. The fraction of sp³-hybridized carbons (Fsp3) is 0.833. The van der Waals surface area contributed by atoms with E-state index in [2.05, 4.69) is 4.90 Å². The van der Waals surface area contributed by atoms with E-state index < -0.39 is 0 Å². The Morgan fingerprint density at radius 3 is 2.35 bits per heavy atom. The highest BCUT2D eigenvalue weighted by Crippen LogP contribution is 2.24. The molecule has 2 aliphatic heterocycles. The van der Waals surface area contributed by atoms with E-state index in [1.807, 2.05) is 7.05 Å². The second-order valence-electron chi connectivity index (χ2n) is 4.90. The summed E-state index contributed by atoms with van der Waals surface area (Å²) in [6, 6.07) is 0.0404. The standard InChI is InChI=1S/C12H20N2O3/c1-13-6-5-10(11(13)15)14-7-3-9(4-8-14)12(16)17-2/h9-10H,3-8H2,1-2H3. The highest BCUT2D eigenvalue weighted by Gasteiger charge is 2.36.